The van der Waals surface area contributed by atoms with E-state index >= 15 is 0 Å². The largest absolute Gasteiger partial charge is 0.375 e. The number of nitrogens with zero attached hydrogens (tertiary/aromatic N) is 1. The van der Waals surface area contributed by atoms with Gasteiger partial charge in [-0.1, -0.05) is 20.8 Å². The summed E-state index contributed by atoms with van der Waals surface area (Å²) in [5, 5.41) is 0. The summed E-state index contributed by atoms with van der Waals surface area (Å²) >= 11 is 0. The van der Waals surface area contributed by atoms with Gasteiger partial charge in [-0.15, -0.1) is 0 Å². The van der Waals surface area contributed by atoms with Gasteiger partial charge in [0.25, 0.3) is 0 Å². The molecule has 3 nitrogen and oxygen atoms in total. The number of rotatable bonds is 2. The Morgan fingerprint density at radius 2 is 2.31 bits per heavy atom. The predicted molar refractivity (Wildman–Crippen MR) is 51.4 cm³/mol. The van der Waals surface area contributed by atoms with Gasteiger partial charge in [-0.3, -0.25) is 4.79 Å². The lowest BCUT2D eigenvalue weighted by atomic mass is 10.1. The van der Waals surface area contributed by atoms with Crippen molar-refractivity contribution < 1.29 is 9.53 Å². The normalized spacial score (nSPS) is 23.7. The summed E-state index contributed by atoms with van der Waals surface area (Å²) in [5.41, 5.74) is 0. The van der Waals surface area contributed by atoms with Crippen LogP contribution in [0.3, 0.4) is 0 Å². The van der Waals surface area contributed by atoms with Gasteiger partial charge in [0.15, 0.2) is 0 Å². The van der Waals surface area contributed by atoms with E-state index in [9.17, 15) is 4.79 Å². The molecule has 0 aliphatic carbocycles. The monoisotopic (exact) mass is 185 g/mol. The van der Waals surface area contributed by atoms with E-state index in [0.717, 1.165) is 19.5 Å². The first-order valence-electron chi connectivity index (χ1n) is 5.05. The Bertz CT molecular complexity index is 180. The molecule has 0 bridgehead atoms. The molecule has 1 aliphatic rings. The molecule has 1 fully saturated rings. The second-order valence-corrected chi connectivity index (χ2v) is 3.84. The molecule has 1 saturated heterocycles. The van der Waals surface area contributed by atoms with Crippen molar-refractivity contribution in [3.8, 4) is 0 Å². The Balaban J connectivity index is 2.46. The Hall–Kier alpha value is -0.570. The van der Waals surface area contributed by atoms with E-state index in [1.54, 1.807) is 0 Å². The Morgan fingerprint density at radius 1 is 1.62 bits per heavy atom. The van der Waals surface area contributed by atoms with Crippen LogP contribution in [0.2, 0.25) is 0 Å². The predicted octanol–water partition coefficient (Wildman–Crippen LogP) is 1.28. The smallest absolute Gasteiger partial charge is 0.225 e. The molecule has 0 radical (unpaired) electrons. The van der Waals surface area contributed by atoms with Crippen LogP contribution in [-0.4, -0.2) is 36.6 Å². The number of ether oxygens (including phenoxy) is 1. The summed E-state index contributed by atoms with van der Waals surface area (Å²) in [7, 11) is 0. The molecule has 0 unspecified atom stereocenters. The Morgan fingerprint density at radius 3 is 2.85 bits per heavy atom. The molecular weight excluding hydrogens is 166 g/mol. The number of carbonyl (C=O) groups is 1. The van der Waals surface area contributed by atoms with Gasteiger partial charge in [0.05, 0.1) is 12.7 Å². The topological polar surface area (TPSA) is 29.5 Å². The van der Waals surface area contributed by atoms with Crippen molar-refractivity contribution in [2.75, 3.05) is 19.7 Å². The van der Waals surface area contributed by atoms with Crippen molar-refractivity contribution in [3.05, 3.63) is 0 Å². The molecule has 76 valence electrons. The highest BCUT2D eigenvalue weighted by molar-refractivity contribution is 5.78. The average Bonchev–Trinajstić information content (AvgIpc) is 2.16. The van der Waals surface area contributed by atoms with Gasteiger partial charge in [0.2, 0.25) is 5.91 Å². The molecule has 1 atom stereocenters. The zero-order valence-electron chi connectivity index (χ0n) is 8.75. The molecule has 0 N–H and O–H groups in total. The SMILES string of the molecule is CC[C@H]1CN(C(=O)C(C)C)CCO1. The van der Waals surface area contributed by atoms with Crippen LogP contribution in [0.15, 0.2) is 0 Å². The van der Waals surface area contributed by atoms with E-state index < -0.39 is 0 Å². The van der Waals surface area contributed by atoms with Crippen molar-refractivity contribution in [2.24, 2.45) is 5.92 Å². The van der Waals surface area contributed by atoms with Gasteiger partial charge in [0.1, 0.15) is 0 Å². The summed E-state index contributed by atoms with van der Waals surface area (Å²) in [6.45, 7) is 8.20. The number of amides is 1. The van der Waals surface area contributed by atoms with Crippen LogP contribution in [0.25, 0.3) is 0 Å². The molecule has 0 aromatic carbocycles. The quantitative estimate of drug-likeness (QED) is 0.648. The minimum Gasteiger partial charge on any atom is -0.375 e. The van der Waals surface area contributed by atoms with Crippen LogP contribution in [0.1, 0.15) is 27.2 Å². The maximum absolute atomic E-state index is 11.6. The fourth-order valence-electron chi connectivity index (χ4n) is 1.53. The van der Waals surface area contributed by atoms with E-state index in [2.05, 4.69) is 6.92 Å². The fraction of sp³-hybridized carbons (Fsp3) is 0.900. The highest BCUT2D eigenvalue weighted by Crippen LogP contribution is 2.11. The second kappa shape index (κ2) is 4.61. The molecule has 13 heavy (non-hydrogen) atoms. The number of hydrogen-bond acceptors (Lipinski definition) is 2. The lowest BCUT2D eigenvalue weighted by Gasteiger charge is -2.33. The molecule has 1 amide bonds. The number of hydrogen-bond donors (Lipinski definition) is 0. The van der Waals surface area contributed by atoms with Gasteiger partial charge in [0, 0.05) is 19.0 Å². The lowest BCUT2D eigenvalue weighted by Crippen LogP contribution is -2.46. The molecule has 1 rings (SSSR count). The van der Waals surface area contributed by atoms with Gasteiger partial charge in [-0.05, 0) is 6.42 Å². The third-order valence-corrected chi connectivity index (χ3v) is 2.40. The minimum atomic E-state index is 0.107. The maximum Gasteiger partial charge on any atom is 0.225 e. The van der Waals surface area contributed by atoms with E-state index in [1.807, 2.05) is 18.7 Å². The van der Waals surface area contributed by atoms with Crippen molar-refractivity contribution in [1.82, 2.24) is 4.90 Å². The van der Waals surface area contributed by atoms with Crippen LogP contribution < -0.4 is 0 Å². The minimum absolute atomic E-state index is 0.107. The van der Waals surface area contributed by atoms with Gasteiger partial charge in [-0.2, -0.15) is 0 Å². The van der Waals surface area contributed by atoms with Crippen molar-refractivity contribution in [2.45, 2.75) is 33.3 Å². The van der Waals surface area contributed by atoms with Gasteiger partial charge < -0.3 is 9.64 Å². The van der Waals surface area contributed by atoms with Crippen LogP contribution in [-0.2, 0) is 9.53 Å². The number of morpholine rings is 1. The molecule has 0 saturated carbocycles. The van der Waals surface area contributed by atoms with Gasteiger partial charge >= 0.3 is 0 Å². The van der Waals surface area contributed by atoms with E-state index in [0.29, 0.717) is 6.61 Å². The van der Waals surface area contributed by atoms with Crippen LogP contribution >= 0.6 is 0 Å². The fourth-order valence-corrected chi connectivity index (χ4v) is 1.53. The molecule has 0 aromatic rings. The molecule has 1 heterocycles. The zero-order chi connectivity index (χ0) is 9.84. The number of carbonyl (C=O) groups excluding carboxylic acids is 1. The van der Waals surface area contributed by atoms with Crippen LogP contribution in [0.5, 0.6) is 0 Å². The Kier molecular flexibility index (Phi) is 3.72. The summed E-state index contributed by atoms with van der Waals surface area (Å²) in [5.74, 6) is 0.359. The Labute approximate surface area is 80.1 Å². The lowest BCUT2D eigenvalue weighted by molar-refractivity contribution is -0.142. The molecular formula is C10H19NO2. The van der Waals surface area contributed by atoms with Crippen molar-refractivity contribution in [3.63, 3.8) is 0 Å². The summed E-state index contributed by atoms with van der Waals surface area (Å²) in [6, 6.07) is 0. The van der Waals surface area contributed by atoms with E-state index in [-0.39, 0.29) is 17.9 Å². The summed E-state index contributed by atoms with van der Waals surface area (Å²) < 4.78 is 5.49. The van der Waals surface area contributed by atoms with E-state index in [4.69, 9.17) is 4.74 Å². The highest BCUT2D eigenvalue weighted by Gasteiger charge is 2.24. The average molecular weight is 185 g/mol. The van der Waals surface area contributed by atoms with Gasteiger partial charge in [-0.25, -0.2) is 0 Å². The third kappa shape index (κ3) is 2.69. The molecule has 3 heteroatoms. The van der Waals surface area contributed by atoms with E-state index in [1.165, 1.54) is 0 Å². The molecule has 1 aliphatic heterocycles. The third-order valence-electron chi connectivity index (χ3n) is 2.40. The first kappa shape index (κ1) is 10.5. The zero-order valence-corrected chi connectivity index (χ0v) is 8.75. The van der Waals surface area contributed by atoms with Crippen LogP contribution in [0, 0.1) is 5.92 Å². The highest BCUT2D eigenvalue weighted by atomic mass is 16.5. The standard InChI is InChI=1S/C10H19NO2/c1-4-9-7-11(5-6-13-9)10(12)8(2)3/h8-9H,4-7H2,1-3H3/t9-/m0/s1. The molecule has 0 aromatic heterocycles. The summed E-state index contributed by atoms with van der Waals surface area (Å²) in [6.07, 6.45) is 1.23. The van der Waals surface area contributed by atoms with Crippen molar-refractivity contribution >= 4 is 5.91 Å². The summed E-state index contributed by atoms with van der Waals surface area (Å²) in [4.78, 5) is 13.5. The second-order valence-electron chi connectivity index (χ2n) is 3.84. The van der Waals surface area contributed by atoms with Crippen molar-refractivity contribution in [1.29, 1.82) is 0 Å². The first-order chi connectivity index (χ1) is 6.15. The first-order valence-corrected chi connectivity index (χ1v) is 5.05. The molecule has 0 spiro atoms. The maximum atomic E-state index is 11.6. The van der Waals surface area contributed by atoms with Crippen LogP contribution in [0.4, 0.5) is 0 Å².